The van der Waals surface area contributed by atoms with Gasteiger partial charge in [0.15, 0.2) is 0 Å². The van der Waals surface area contributed by atoms with Crippen LogP contribution in [0.1, 0.15) is 15.9 Å². The molecule has 1 aromatic heterocycles. The lowest BCUT2D eigenvalue weighted by Crippen LogP contribution is -2.04. The van der Waals surface area contributed by atoms with Crippen molar-refractivity contribution >= 4 is 17.3 Å². The van der Waals surface area contributed by atoms with Gasteiger partial charge in [-0.2, -0.15) is 11.3 Å². The van der Waals surface area contributed by atoms with E-state index in [0.717, 1.165) is 0 Å². The number of aromatic carboxylic acids is 1. The zero-order valence-electron chi connectivity index (χ0n) is 7.13. The van der Waals surface area contributed by atoms with Gasteiger partial charge in [0, 0.05) is 16.3 Å². The van der Waals surface area contributed by atoms with Gasteiger partial charge in [-0.3, -0.25) is 0 Å². The summed E-state index contributed by atoms with van der Waals surface area (Å²) < 4.78 is 0. The Kier molecular flexibility index (Phi) is 3.50. The van der Waals surface area contributed by atoms with Crippen molar-refractivity contribution in [2.45, 2.75) is 0 Å². The van der Waals surface area contributed by atoms with Crippen LogP contribution in [-0.4, -0.2) is 24.7 Å². The first-order valence-electron chi connectivity index (χ1n) is 3.68. The van der Waals surface area contributed by atoms with Crippen molar-refractivity contribution in [2.24, 2.45) is 0 Å². The monoisotopic (exact) mass is 195 g/mol. The van der Waals surface area contributed by atoms with Crippen LogP contribution in [0.2, 0.25) is 0 Å². The average Bonchev–Trinajstić information content (AvgIpc) is 2.53. The molecule has 0 saturated carbocycles. The van der Waals surface area contributed by atoms with Gasteiger partial charge < -0.3 is 10.4 Å². The third-order valence-electron chi connectivity index (χ3n) is 1.38. The van der Waals surface area contributed by atoms with Crippen molar-refractivity contribution in [2.75, 3.05) is 13.6 Å². The molecule has 0 fully saturated rings. The third-order valence-corrected chi connectivity index (χ3v) is 2.12. The Morgan fingerprint density at radius 1 is 1.69 bits per heavy atom. The van der Waals surface area contributed by atoms with E-state index < -0.39 is 5.97 Å². The molecule has 0 aliphatic heterocycles. The van der Waals surface area contributed by atoms with E-state index in [4.69, 9.17) is 5.11 Å². The van der Waals surface area contributed by atoms with Crippen LogP contribution in [0.5, 0.6) is 0 Å². The van der Waals surface area contributed by atoms with Gasteiger partial charge in [-0.05, 0) is 7.05 Å². The van der Waals surface area contributed by atoms with Gasteiger partial charge in [-0.1, -0.05) is 11.8 Å². The number of nitrogens with one attached hydrogen (secondary N) is 1. The van der Waals surface area contributed by atoms with Gasteiger partial charge >= 0.3 is 5.97 Å². The molecular formula is C9H9NO2S. The molecule has 2 N–H and O–H groups in total. The van der Waals surface area contributed by atoms with E-state index in [1.807, 2.05) is 0 Å². The smallest absolute Gasteiger partial charge is 0.337 e. The fraction of sp³-hybridized carbons (Fsp3) is 0.222. The van der Waals surface area contributed by atoms with Crippen LogP contribution in [0.15, 0.2) is 10.8 Å². The highest BCUT2D eigenvalue weighted by Crippen LogP contribution is 2.13. The van der Waals surface area contributed by atoms with E-state index in [-0.39, 0.29) is 5.56 Å². The summed E-state index contributed by atoms with van der Waals surface area (Å²) in [5.41, 5.74) is 0.876. The van der Waals surface area contributed by atoms with Crippen LogP contribution in [0.4, 0.5) is 0 Å². The Bertz CT molecular complexity index is 359. The molecule has 0 radical (unpaired) electrons. The topological polar surface area (TPSA) is 49.3 Å². The summed E-state index contributed by atoms with van der Waals surface area (Å²) in [6.45, 7) is 0.564. The molecule has 0 unspecified atom stereocenters. The summed E-state index contributed by atoms with van der Waals surface area (Å²) >= 11 is 1.35. The van der Waals surface area contributed by atoms with Crippen LogP contribution in [0.25, 0.3) is 0 Å². The minimum atomic E-state index is -0.921. The van der Waals surface area contributed by atoms with Crippen LogP contribution in [-0.2, 0) is 0 Å². The second-order valence-corrected chi connectivity index (χ2v) is 3.08. The van der Waals surface area contributed by atoms with Crippen LogP contribution in [0, 0.1) is 11.8 Å². The highest BCUT2D eigenvalue weighted by atomic mass is 32.1. The second kappa shape index (κ2) is 4.65. The molecular weight excluding hydrogens is 186 g/mol. The highest BCUT2D eigenvalue weighted by molar-refractivity contribution is 7.08. The van der Waals surface area contributed by atoms with E-state index in [1.54, 1.807) is 17.8 Å². The first-order valence-corrected chi connectivity index (χ1v) is 4.63. The number of hydrogen-bond acceptors (Lipinski definition) is 3. The van der Waals surface area contributed by atoms with Gasteiger partial charge in [0.05, 0.1) is 12.1 Å². The summed E-state index contributed by atoms with van der Waals surface area (Å²) in [6.07, 6.45) is 0. The molecule has 1 aromatic rings. The van der Waals surface area contributed by atoms with Crippen molar-refractivity contribution in [1.29, 1.82) is 0 Å². The number of carboxylic acids is 1. The standard InChI is InChI=1S/C9H9NO2S/c1-10-4-2-3-7-5-13-6-8(7)9(11)12/h5-6,10H,4H2,1H3,(H,11,12). The predicted molar refractivity (Wildman–Crippen MR) is 52.1 cm³/mol. The van der Waals surface area contributed by atoms with Crippen molar-refractivity contribution in [1.82, 2.24) is 5.32 Å². The minimum Gasteiger partial charge on any atom is -0.478 e. The summed E-state index contributed by atoms with van der Waals surface area (Å²) in [6, 6.07) is 0. The number of carbonyl (C=O) groups is 1. The fourth-order valence-corrected chi connectivity index (χ4v) is 1.54. The van der Waals surface area contributed by atoms with Crippen molar-refractivity contribution in [3.8, 4) is 11.8 Å². The Morgan fingerprint density at radius 2 is 2.46 bits per heavy atom. The molecule has 0 amide bonds. The van der Waals surface area contributed by atoms with Crippen molar-refractivity contribution < 1.29 is 9.90 Å². The molecule has 13 heavy (non-hydrogen) atoms. The number of thiophene rings is 1. The van der Waals surface area contributed by atoms with E-state index in [0.29, 0.717) is 12.1 Å². The first-order chi connectivity index (χ1) is 6.25. The van der Waals surface area contributed by atoms with Gasteiger partial charge in [0.25, 0.3) is 0 Å². The largest absolute Gasteiger partial charge is 0.478 e. The van der Waals surface area contributed by atoms with E-state index >= 15 is 0 Å². The molecule has 0 saturated heterocycles. The first kappa shape index (κ1) is 9.78. The van der Waals surface area contributed by atoms with Gasteiger partial charge in [-0.15, -0.1) is 0 Å². The summed E-state index contributed by atoms with van der Waals surface area (Å²) in [5.74, 6) is 4.69. The molecule has 0 aliphatic rings. The molecule has 0 aliphatic carbocycles. The third kappa shape index (κ3) is 2.58. The summed E-state index contributed by atoms with van der Waals surface area (Å²) in [7, 11) is 1.79. The fourth-order valence-electron chi connectivity index (χ4n) is 0.787. The van der Waals surface area contributed by atoms with Crippen LogP contribution >= 0.6 is 11.3 Å². The molecule has 1 rings (SSSR count). The maximum absolute atomic E-state index is 10.6. The number of carboxylic acid groups (broad SMARTS) is 1. The normalized spacial score (nSPS) is 9.00. The number of hydrogen-bond donors (Lipinski definition) is 2. The average molecular weight is 195 g/mol. The Hall–Kier alpha value is -1.31. The van der Waals surface area contributed by atoms with Gasteiger partial charge in [0.1, 0.15) is 0 Å². The summed E-state index contributed by atoms with van der Waals surface area (Å²) in [4.78, 5) is 10.6. The lowest BCUT2D eigenvalue weighted by Gasteiger charge is -1.88. The zero-order valence-corrected chi connectivity index (χ0v) is 7.94. The van der Waals surface area contributed by atoms with E-state index in [2.05, 4.69) is 17.2 Å². The maximum atomic E-state index is 10.6. The van der Waals surface area contributed by atoms with Crippen LogP contribution < -0.4 is 5.32 Å². The van der Waals surface area contributed by atoms with E-state index in [1.165, 1.54) is 11.3 Å². The number of rotatable bonds is 2. The Balaban J connectivity index is 2.84. The van der Waals surface area contributed by atoms with Crippen LogP contribution in [0.3, 0.4) is 0 Å². The molecule has 0 atom stereocenters. The Labute approximate surface area is 80.4 Å². The quantitative estimate of drug-likeness (QED) is 0.693. The highest BCUT2D eigenvalue weighted by Gasteiger charge is 2.08. The molecule has 0 bridgehead atoms. The Morgan fingerprint density at radius 3 is 3.08 bits per heavy atom. The van der Waals surface area contributed by atoms with E-state index in [9.17, 15) is 4.79 Å². The molecule has 0 aromatic carbocycles. The second-order valence-electron chi connectivity index (χ2n) is 2.34. The molecule has 4 heteroatoms. The molecule has 68 valence electrons. The predicted octanol–water partition coefficient (Wildman–Crippen LogP) is 1.02. The van der Waals surface area contributed by atoms with Gasteiger partial charge in [0.2, 0.25) is 0 Å². The SMILES string of the molecule is CNCC#Cc1cscc1C(=O)O. The zero-order chi connectivity index (χ0) is 9.68. The minimum absolute atomic E-state index is 0.286. The van der Waals surface area contributed by atoms with Crippen molar-refractivity contribution in [3.63, 3.8) is 0 Å². The maximum Gasteiger partial charge on any atom is 0.337 e. The molecule has 3 nitrogen and oxygen atoms in total. The lowest BCUT2D eigenvalue weighted by atomic mass is 10.2. The summed E-state index contributed by atoms with van der Waals surface area (Å²) in [5, 5.41) is 14.9. The molecule has 1 heterocycles. The lowest BCUT2D eigenvalue weighted by molar-refractivity contribution is 0.0697. The molecule has 0 spiro atoms. The van der Waals surface area contributed by atoms with Gasteiger partial charge in [-0.25, -0.2) is 4.79 Å². The van der Waals surface area contributed by atoms with Crippen molar-refractivity contribution in [3.05, 3.63) is 21.9 Å².